The minimum absolute atomic E-state index is 0. The highest BCUT2D eigenvalue weighted by Crippen LogP contribution is 1.96. The van der Waals surface area contributed by atoms with E-state index in [1.165, 1.54) is 0 Å². The van der Waals surface area contributed by atoms with Crippen LogP contribution < -0.4 is 16.8 Å². The molecule has 0 spiro atoms. The number of halogens is 1. The average molecular weight is 182 g/mol. The summed E-state index contributed by atoms with van der Waals surface area (Å²) in [6.07, 6.45) is 0. The zero-order valence-electron chi connectivity index (χ0n) is 6.89. The van der Waals surface area contributed by atoms with Crippen molar-refractivity contribution in [3.8, 4) is 0 Å². The lowest BCUT2D eigenvalue weighted by atomic mass is 10.1. The van der Waals surface area contributed by atoms with E-state index in [9.17, 15) is 4.79 Å². The molecule has 0 saturated heterocycles. The topological polar surface area (TPSA) is 81.1 Å². The Balaban J connectivity index is 0. The second-order valence-electron chi connectivity index (χ2n) is 2.84. The lowest BCUT2D eigenvalue weighted by Crippen LogP contribution is -2.50. The van der Waals surface area contributed by atoms with Gasteiger partial charge in [0.2, 0.25) is 5.91 Å². The molecule has 1 amide bonds. The van der Waals surface area contributed by atoms with E-state index in [0.717, 1.165) is 0 Å². The largest absolute Gasteiger partial charge is 0.349 e. The maximum Gasteiger partial charge on any atom is 0.234 e. The highest BCUT2D eigenvalue weighted by Gasteiger charge is 2.16. The maximum atomic E-state index is 10.7. The van der Waals surface area contributed by atoms with Crippen molar-refractivity contribution in [1.82, 2.24) is 5.32 Å². The molecule has 0 aliphatic heterocycles. The van der Waals surface area contributed by atoms with Gasteiger partial charge in [0.25, 0.3) is 0 Å². The molecule has 0 atom stereocenters. The molecule has 0 aromatic rings. The van der Waals surface area contributed by atoms with Crippen molar-refractivity contribution < 1.29 is 4.79 Å². The molecular weight excluding hydrogens is 166 g/mol. The minimum Gasteiger partial charge on any atom is -0.349 e. The van der Waals surface area contributed by atoms with Crippen molar-refractivity contribution in [3.05, 3.63) is 0 Å². The van der Waals surface area contributed by atoms with Crippen LogP contribution in [0.4, 0.5) is 0 Å². The van der Waals surface area contributed by atoms with Gasteiger partial charge in [-0.15, -0.1) is 12.4 Å². The first-order valence-electron chi connectivity index (χ1n) is 3.23. The Morgan fingerprint density at radius 3 is 2.18 bits per heavy atom. The van der Waals surface area contributed by atoms with Crippen LogP contribution in [0.1, 0.15) is 13.8 Å². The fourth-order valence-corrected chi connectivity index (χ4v) is 0.479. The van der Waals surface area contributed by atoms with Gasteiger partial charge < -0.3 is 16.8 Å². The summed E-state index contributed by atoms with van der Waals surface area (Å²) < 4.78 is 0. The monoisotopic (exact) mass is 181 g/mol. The number of nitrogens with two attached hydrogens (primary N) is 2. The van der Waals surface area contributed by atoms with E-state index in [2.05, 4.69) is 5.32 Å². The predicted octanol–water partition coefficient (Wildman–Crippen LogP) is -0.780. The van der Waals surface area contributed by atoms with Gasteiger partial charge in [0, 0.05) is 12.1 Å². The molecule has 0 aromatic carbocycles. The van der Waals surface area contributed by atoms with E-state index < -0.39 is 0 Å². The highest BCUT2D eigenvalue weighted by molar-refractivity contribution is 5.85. The van der Waals surface area contributed by atoms with Gasteiger partial charge in [0.1, 0.15) is 0 Å². The quantitative estimate of drug-likeness (QED) is 0.535. The molecule has 5 N–H and O–H groups in total. The van der Waals surface area contributed by atoms with Gasteiger partial charge in [-0.05, 0) is 13.8 Å². The van der Waals surface area contributed by atoms with E-state index in [4.69, 9.17) is 11.5 Å². The Morgan fingerprint density at radius 2 is 1.91 bits per heavy atom. The van der Waals surface area contributed by atoms with Crippen LogP contribution in [0.15, 0.2) is 0 Å². The van der Waals surface area contributed by atoms with Gasteiger partial charge >= 0.3 is 0 Å². The Hall–Kier alpha value is -0.320. The molecule has 0 aromatic heterocycles. The van der Waals surface area contributed by atoms with E-state index >= 15 is 0 Å². The molecule has 0 fully saturated rings. The molecule has 5 heteroatoms. The summed E-state index contributed by atoms with van der Waals surface area (Å²) in [5, 5.41) is 2.67. The Morgan fingerprint density at radius 1 is 1.45 bits per heavy atom. The Labute approximate surface area is 73.1 Å². The number of carbonyl (C=O) groups is 1. The maximum absolute atomic E-state index is 10.7. The first kappa shape index (κ1) is 13.3. The average Bonchev–Trinajstić information content (AvgIpc) is 1.87. The molecule has 11 heavy (non-hydrogen) atoms. The van der Waals surface area contributed by atoms with E-state index in [-0.39, 0.29) is 30.4 Å². The van der Waals surface area contributed by atoms with Gasteiger partial charge in [0.05, 0.1) is 6.54 Å². The number of carbonyl (C=O) groups excluding carboxylic acids is 1. The molecule has 0 unspecified atom stereocenters. The molecule has 4 nitrogen and oxygen atoms in total. The number of rotatable bonds is 3. The van der Waals surface area contributed by atoms with Crippen LogP contribution in [0.25, 0.3) is 0 Å². The smallest absolute Gasteiger partial charge is 0.234 e. The third-order valence-electron chi connectivity index (χ3n) is 1.17. The van der Waals surface area contributed by atoms with Crippen LogP contribution in [0.3, 0.4) is 0 Å². The molecule has 0 aliphatic carbocycles. The van der Waals surface area contributed by atoms with Crippen molar-refractivity contribution in [2.45, 2.75) is 19.4 Å². The number of amides is 1. The molecule has 0 aliphatic rings. The zero-order chi connectivity index (χ0) is 8.20. The van der Waals surface area contributed by atoms with Crippen LogP contribution in [0.5, 0.6) is 0 Å². The number of hydrogen-bond donors (Lipinski definition) is 3. The first-order valence-corrected chi connectivity index (χ1v) is 3.23. The van der Waals surface area contributed by atoms with Gasteiger partial charge in [-0.3, -0.25) is 4.79 Å². The summed E-state index contributed by atoms with van der Waals surface area (Å²) in [5.74, 6) is -0.171. The second kappa shape index (κ2) is 5.35. The molecule has 0 radical (unpaired) electrons. The molecule has 0 heterocycles. The minimum atomic E-state index is -0.337. The van der Waals surface area contributed by atoms with Crippen LogP contribution >= 0.6 is 12.4 Å². The van der Waals surface area contributed by atoms with Crippen LogP contribution in [0.2, 0.25) is 0 Å². The fourth-order valence-electron chi connectivity index (χ4n) is 0.479. The van der Waals surface area contributed by atoms with Gasteiger partial charge in [-0.2, -0.15) is 0 Å². The molecule has 0 bridgehead atoms. The molecule has 68 valence electrons. The van der Waals surface area contributed by atoms with Crippen LogP contribution in [0, 0.1) is 0 Å². The molecular formula is C6H16ClN3O. The predicted molar refractivity (Wildman–Crippen MR) is 47.6 cm³/mol. The SMILES string of the molecule is CC(C)(CN)NC(=O)CN.Cl. The Bertz CT molecular complexity index is 127. The first-order chi connectivity index (χ1) is 4.52. The lowest BCUT2D eigenvalue weighted by Gasteiger charge is -2.23. The van der Waals surface area contributed by atoms with Crippen molar-refractivity contribution in [2.75, 3.05) is 13.1 Å². The normalized spacial score (nSPS) is 10.2. The number of hydrogen-bond acceptors (Lipinski definition) is 3. The van der Waals surface area contributed by atoms with Crippen LogP contribution in [-0.4, -0.2) is 24.5 Å². The molecule has 0 rings (SSSR count). The summed E-state index contributed by atoms with van der Waals surface area (Å²) in [5.41, 5.74) is 10.1. The van der Waals surface area contributed by atoms with Crippen molar-refractivity contribution >= 4 is 18.3 Å². The zero-order valence-corrected chi connectivity index (χ0v) is 7.70. The third kappa shape index (κ3) is 6.09. The van der Waals surface area contributed by atoms with Crippen molar-refractivity contribution in [3.63, 3.8) is 0 Å². The van der Waals surface area contributed by atoms with Crippen LogP contribution in [-0.2, 0) is 4.79 Å². The lowest BCUT2D eigenvalue weighted by molar-refractivity contribution is -0.121. The Kier molecular flexibility index (Phi) is 6.46. The van der Waals surface area contributed by atoms with Gasteiger partial charge in [-0.1, -0.05) is 0 Å². The second-order valence-corrected chi connectivity index (χ2v) is 2.84. The van der Waals surface area contributed by atoms with Gasteiger partial charge in [0.15, 0.2) is 0 Å². The summed E-state index contributed by atoms with van der Waals surface area (Å²) in [4.78, 5) is 10.7. The van der Waals surface area contributed by atoms with E-state index in [1.807, 2.05) is 13.8 Å². The summed E-state index contributed by atoms with van der Waals surface area (Å²) in [6.45, 7) is 4.13. The van der Waals surface area contributed by atoms with E-state index in [1.54, 1.807) is 0 Å². The summed E-state index contributed by atoms with van der Waals surface area (Å²) in [7, 11) is 0. The number of nitrogens with one attached hydrogen (secondary N) is 1. The summed E-state index contributed by atoms with van der Waals surface area (Å²) in [6, 6.07) is 0. The van der Waals surface area contributed by atoms with Crippen molar-refractivity contribution in [2.24, 2.45) is 11.5 Å². The molecule has 0 saturated carbocycles. The standard InChI is InChI=1S/C6H15N3O.ClH/c1-6(2,4-8)9-5(10)3-7;/h3-4,7-8H2,1-2H3,(H,9,10);1H. The van der Waals surface area contributed by atoms with Crippen molar-refractivity contribution in [1.29, 1.82) is 0 Å². The fraction of sp³-hybridized carbons (Fsp3) is 0.833. The third-order valence-corrected chi connectivity index (χ3v) is 1.17. The van der Waals surface area contributed by atoms with E-state index in [0.29, 0.717) is 6.54 Å². The van der Waals surface area contributed by atoms with Gasteiger partial charge in [-0.25, -0.2) is 0 Å². The highest BCUT2D eigenvalue weighted by atomic mass is 35.5. The summed E-state index contributed by atoms with van der Waals surface area (Å²) >= 11 is 0.